The second-order valence-electron chi connectivity index (χ2n) is 8.29. The summed E-state index contributed by atoms with van der Waals surface area (Å²) in [5.74, 6) is 0.493. The Bertz CT molecular complexity index is 323. The fourth-order valence-electron chi connectivity index (χ4n) is 3.10. The number of likely N-dealkylation sites (tertiary alicyclic amines) is 1. The molecule has 0 bridgehead atoms. The summed E-state index contributed by atoms with van der Waals surface area (Å²) in [6.07, 6.45) is 2.21. The van der Waals surface area contributed by atoms with Crippen molar-refractivity contribution in [2.45, 2.75) is 59.9 Å². The van der Waals surface area contributed by atoms with Gasteiger partial charge < -0.3 is 15.3 Å². The molecule has 1 aliphatic heterocycles. The summed E-state index contributed by atoms with van der Waals surface area (Å²) in [5.41, 5.74) is 0.289. The van der Waals surface area contributed by atoms with Crippen molar-refractivity contribution in [3.8, 4) is 0 Å². The maximum atomic E-state index is 10.8. The molecule has 1 saturated heterocycles. The third-order valence-electron chi connectivity index (χ3n) is 3.92. The first-order valence-corrected chi connectivity index (χ1v) is 8.33. The Hall–Kier alpha value is -0.610. The molecule has 0 aromatic rings. The van der Waals surface area contributed by atoms with Crippen molar-refractivity contribution < 1.29 is 9.90 Å². The largest absolute Gasteiger partial charge is 0.481 e. The van der Waals surface area contributed by atoms with Gasteiger partial charge in [0, 0.05) is 38.6 Å². The Morgan fingerprint density at radius 1 is 1.33 bits per heavy atom. The highest BCUT2D eigenvalue weighted by Crippen LogP contribution is 2.23. The molecule has 124 valence electrons. The van der Waals surface area contributed by atoms with Crippen LogP contribution in [0.15, 0.2) is 0 Å². The summed E-state index contributed by atoms with van der Waals surface area (Å²) >= 11 is 0. The predicted octanol–water partition coefficient (Wildman–Crippen LogP) is 2.83. The maximum absolute atomic E-state index is 10.8. The van der Waals surface area contributed by atoms with E-state index < -0.39 is 5.97 Å². The summed E-state index contributed by atoms with van der Waals surface area (Å²) in [5, 5.41) is 12.6. The van der Waals surface area contributed by atoms with Crippen molar-refractivity contribution in [1.29, 1.82) is 0 Å². The van der Waals surface area contributed by atoms with Crippen LogP contribution in [0.4, 0.5) is 0 Å². The number of nitrogens with zero attached hydrogens (tertiary/aromatic N) is 1. The van der Waals surface area contributed by atoms with E-state index in [0.717, 1.165) is 39.0 Å². The number of hydrogen-bond donors (Lipinski definition) is 2. The first-order valence-electron chi connectivity index (χ1n) is 8.33. The molecule has 2 N–H and O–H groups in total. The van der Waals surface area contributed by atoms with Crippen molar-refractivity contribution in [3.05, 3.63) is 0 Å². The van der Waals surface area contributed by atoms with E-state index in [1.54, 1.807) is 0 Å². The van der Waals surface area contributed by atoms with Gasteiger partial charge in [0.15, 0.2) is 0 Å². The van der Waals surface area contributed by atoms with Gasteiger partial charge in [0.1, 0.15) is 0 Å². The van der Waals surface area contributed by atoms with Crippen LogP contribution in [-0.2, 0) is 4.79 Å². The molecule has 1 heterocycles. The second-order valence-corrected chi connectivity index (χ2v) is 8.29. The van der Waals surface area contributed by atoms with Gasteiger partial charge in [-0.25, -0.2) is 0 Å². The van der Waals surface area contributed by atoms with Crippen LogP contribution in [0.2, 0.25) is 0 Å². The minimum absolute atomic E-state index is 0.289. The predicted molar refractivity (Wildman–Crippen MR) is 87.5 cm³/mol. The van der Waals surface area contributed by atoms with E-state index in [1.165, 1.54) is 0 Å². The smallest absolute Gasteiger partial charge is 0.303 e. The number of rotatable bonds is 7. The summed E-state index contributed by atoms with van der Waals surface area (Å²) in [4.78, 5) is 13.3. The average Bonchev–Trinajstić information content (AvgIpc) is 2.32. The van der Waals surface area contributed by atoms with E-state index in [9.17, 15) is 4.79 Å². The van der Waals surface area contributed by atoms with Crippen LogP contribution < -0.4 is 5.32 Å². The van der Waals surface area contributed by atoms with Gasteiger partial charge >= 0.3 is 5.97 Å². The van der Waals surface area contributed by atoms with E-state index in [1.807, 2.05) is 0 Å². The van der Waals surface area contributed by atoms with Crippen molar-refractivity contribution >= 4 is 5.97 Å². The van der Waals surface area contributed by atoms with Crippen molar-refractivity contribution in [2.24, 2.45) is 17.3 Å². The van der Waals surface area contributed by atoms with Crippen molar-refractivity contribution in [2.75, 3.05) is 26.2 Å². The lowest BCUT2D eigenvalue weighted by Gasteiger charge is -2.40. The number of nitrogens with one attached hydrogen (secondary N) is 1. The van der Waals surface area contributed by atoms with Crippen LogP contribution in [-0.4, -0.2) is 48.2 Å². The summed E-state index contributed by atoms with van der Waals surface area (Å²) in [6.45, 7) is 15.5. The number of piperidine rings is 1. The van der Waals surface area contributed by atoms with Gasteiger partial charge in [0.25, 0.3) is 0 Å². The van der Waals surface area contributed by atoms with E-state index in [2.05, 4.69) is 44.8 Å². The Labute approximate surface area is 130 Å². The lowest BCUT2D eigenvalue weighted by atomic mass is 9.88. The molecular formula is C17H34N2O2. The number of carboxylic acids is 1. The van der Waals surface area contributed by atoms with Crippen molar-refractivity contribution in [3.63, 3.8) is 0 Å². The molecule has 1 aliphatic rings. The van der Waals surface area contributed by atoms with E-state index in [4.69, 9.17) is 5.11 Å². The third-order valence-corrected chi connectivity index (χ3v) is 3.92. The summed E-state index contributed by atoms with van der Waals surface area (Å²) < 4.78 is 0. The molecule has 1 fully saturated rings. The van der Waals surface area contributed by atoms with Gasteiger partial charge in [-0.05, 0) is 30.1 Å². The lowest BCUT2D eigenvalue weighted by Crippen LogP contribution is -2.51. The van der Waals surface area contributed by atoms with Crippen LogP contribution in [0.3, 0.4) is 0 Å². The van der Waals surface area contributed by atoms with Crippen LogP contribution in [0.25, 0.3) is 0 Å². The fourth-order valence-corrected chi connectivity index (χ4v) is 3.10. The zero-order valence-electron chi connectivity index (χ0n) is 14.5. The molecule has 4 heteroatoms. The molecule has 0 spiro atoms. The van der Waals surface area contributed by atoms with Gasteiger partial charge in [-0.2, -0.15) is 0 Å². The van der Waals surface area contributed by atoms with Crippen LogP contribution in [0.5, 0.6) is 0 Å². The van der Waals surface area contributed by atoms with Crippen molar-refractivity contribution in [1.82, 2.24) is 10.2 Å². The molecule has 0 aliphatic carbocycles. The minimum atomic E-state index is -0.671. The normalized spacial score (nSPS) is 24.5. The highest BCUT2D eigenvalue weighted by molar-refractivity contribution is 5.66. The van der Waals surface area contributed by atoms with Gasteiger partial charge in [-0.1, -0.05) is 34.6 Å². The van der Waals surface area contributed by atoms with Gasteiger partial charge in [-0.3, -0.25) is 4.79 Å². The fraction of sp³-hybridized carbons (Fsp3) is 0.941. The molecule has 21 heavy (non-hydrogen) atoms. The molecule has 2 unspecified atom stereocenters. The zero-order chi connectivity index (χ0) is 16.0. The Morgan fingerprint density at radius 3 is 2.52 bits per heavy atom. The first kappa shape index (κ1) is 18.4. The van der Waals surface area contributed by atoms with Crippen LogP contribution in [0.1, 0.15) is 53.9 Å². The third kappa shape index (κ3) is 8.42. The molecule has 2 atom stereocenters. The molecular weight excluding hydrogens is 264 g/mol. The van der Waals surface area contributed by atoms with E-state index >= 15 is 0 Å². The Balaban J connectivity index is 2.54. The average molecular weight is 298 g/mol. The standard InChI is InChI=1S/C17H34N2O2/c1-13(2)9-19-10-14(6-7-16(20)21)8-15(11-19)18-12-17(3,4)5/h13-15,18H,6-12H2,1-5H3,(H,20,21). The molecule has 0 saturated carbocycles. The number of hydrogen-bond acceptors (Lipinski definition) is 3. The molecule has 0 aromatic carbocycles. The topological polar surface area (TPSA) is 52.6 Å². The van der Waals surface area contributed by atoms with Crippen LogP contribution >= 0.6 is 0 Å². The van der Waals surface area contributed by atoms with Crippen LogP contribution in [0, 0.1) is 17.3 Å². The number of carboxylic acid groups (broad SMARTS) is 1. The number of aliphatic carboxylic acids is 1. The molecule has 0 aromatic heterocycles. The van der Waals surface area contributed by atoms with Gasteiger partial charge in [0.05, 0.1) is 0 Å². The van der Waals surface area contributed by atoms with E-state index in [0.29, 0.717) is 24.3 Å². The number of carbonyl (C=O) groups is 1. The lowest BCUT2D eigenvalue weighted by molar-refractivity contribution is -0.137. The highest BCUT2D eigenvalue weighted by atomic mass is 16.4. The molecule has 1 rings (SSSR count). The molecule has 0 radical (unpaired) electrons. The first-order chi connectivity index (χ1) is 9.65. The SMILES string of the molecule is CC(C)CN1CC(CCC(=O)O)CC(NCC(C)(C)C)C1. The van der Waals surface area contributed by atoms with E-state index in [-0.39, 0.29) is 5.41 Å². The quantitative estimate of drug-likeness (QED) is 0.759. The maximum Gasteiger partial charge on any atom is 0.303 e. The summed E-state index contributed by atoms with van der Waals surface area (Å²) in [6, 6.07) is 0.496. The Morgan fingerprint density at radius 2 is 2.00 bits per heavy atom. The Kier molecular flexibility index (Phi) is 7.14. The van der Waals surface area contributed by atoms with Gasteiger partial charge in [0.2, 0.25) is 0 Å². The zero-order valence-corrected chi connectivity index (χ0v) is 14.5. The van der Waals surface area contributed by atoms with Gasteiger partial charge in [-0.15, -0.1) is 0 Å². The molecule has 0 amide bonds. The molecule has 4 nitrogen and oxygen atoms in total. The minimum Gasteiger partial charge on any atom is -0.481 e. The summed E-state index contributed by atoms with van der Waals surface area (Å²) in [7, 11) is 0. The monoisotopic (exact) mass is 298 g/mol. The second kappa shape index (κ2) is 8.14. The highest BCUT2D eigenvalue weighted by Gasteiger charge is 2.28.